The van der Waals surface area contributed by atoms with Crippen LogP contribution in [0.2, 0.25) is 5.02 Å². The third kappa shape index (κ3) is 5.21. The Morgan fingerprint density at radius 1 is 1.19 bits per heavy atom. The van der Waals surface area contributed by atoms with Crippen LogP contribution in [0, 0.1) is 0 Å². The van der Waals surface area contributed by atoms with Crippen molar-refractivity contribution < 1.29 is 23.1 Å². The molecule has 0 saturated heterocycles. The summed E-state index contributed by atoms with van der Waals surface area (Å²) in [4.78, 5) is 23.6. The summed E-state index contributed by atoms with van der Waals surface area (Å²) in [5.41, 5.74) is 0.730. The molecule has 27 heavy (non-hydrogen) atoms. The van der Waals surface area contributed by atoms with Crippen molar-refractivity contribution in [3.8, 4) is 0 Å². The second-order valence-electron chi connectivity index (χ2n) is 5.83. The first-order valence-electron chi connectivity index (χ1n) is 8.02. The number of nitrogens with one attached hydrogen (secondary N) is 1. The van der Waals surface area contributed by atoms with Gasteiger partial charge in [0.25, 0.3) is 0 Å². The number of anilines is 2. The number of hydrogen-bond donors (Lipinski definition) is 2. The highest BCUT2D eigenvalue weighted by molar-refractivity contribution is 7.92. The molecule has 1 atom stereocenters. The summed E-state index contributed by atoms with van der Waals surface area (Å²) in [7, 11) is -3.77. The zero-order chi connectivity index (χ0) is 20.2. The summed E-state index contributed by atoms with van der Waals surface area (Å²) in [6, 6.07) is 10.8. The van der Waals surface area contributed by atoms with E-state index in [-0.39, 0.29) is 17.7 Å². The van der Waals surface area contributed by atoms with E-state index in [1.165, 1.54) is 30.3 Å². The molecule has 1 amide bonds. The van der Waals surface area contributed by atoms with Crippen molar-refractivity contribution in [3.63, 3.8) is 0 Å². The van der Waals surface area contributed by atoms with E-state index >= 15 is 0 Å². The van der Waals surface area contributed by atoms with Crippen LogP contribution in [-0.4, -0.2) is 37.7 Å². The molecule has 0 bridgehead atoms. The van der Waals surface area contributed by atoms with Gasteiger partial charge < -0.3 is 10.4 Å². The summed E-state index contributed by atoms with van der Waals surface area (Å²) >= 11 is 5.97. The molecule has 2 aromatic rings. The van der Waals surface area contributed by atoms with Crippen molar-refractivity contribution in [1.82, 2.24) is 0 Å². The van der Waals surface area contributed by atoms with Gasteiger partial charge in [-0.15, -0.1) is 0 Å². The van der Waals surface area contributed by atoms with Gasteiger partial charge in [0, 0.05) is 10.7 Å². The van der Waals surface area contributed by atoms with Crippen LogP contribution in [0.25, 0.3) is 0 Å². The minimum atomic E-state index is -3.77. The quantitative estimate of drug-likeness (QED) is 0.729. The van der Waals surface area contributed by atoms with E-state index < -0.39 is 27.9 Å². The Labute approximate surface area is 162 Å². The molecule has 2 N–H and O–H groups in total. The average Bonchev–Trinajstić information content (AvgIpc) is 2.58. The van der Waals surface area contributed by atoms with Crippen molar-refractivity contribution in [1.29, 1.82) is 0 Å². The van der Waals surface area contributed by atoms with Gasteiger partial charge in [-0.2, -0.15) is 0 Å². The Morgan fingerprint density at radius 3 is 2.30 bits per heavy atom. The first-order chi connectivity index (χ1) is 12.6. The number of rotatable bonds is 7. The third-order valence-corrected chi connectivity index (χ3v) is 5.21. The summed E-state index contributed by atoms with van der Waals surface area (Å²) in [5, 5.41) is 11.9. The molecule has 0 aliphatic heterocycles. The number of halogens is 1. The van der Waals surface area contributed by atoms with Gasteiger partial charge in [-0.1, -0.05) is 24.6 Å². The average molecular weight is 411 g/mol. The number of sulfonamides is 1. The van der Waals surface area contributed by atoms with Gasteiger partial charge in [0.2, 0.25) is 15.9 Å². The Hall–Kier alpha value is -2.58. The maximum Gasteiger partial charge on any atom is 0.335 e. The maximum absolute atomic E-state index is 12.7. The topological polar surface area (TPSA) is 104 Å². The van der Waals surface area contributed by atoms with E-state index in [1.807, 2.05) is 0 Å². The van der Waals surface area contributed by atoms with Crippen LogP contribution in [0.5, 0.6) is 0 Å². The molecule has 0 saturated carbocycles. The van der Waals surface area contributed by atoms with Crippen LogP contribution >= 0.6 is 11.6 Å². The van der Waals surface area contributed by atoms with Crippen LogP contribution in [-0.2, 0) is 14.8 Å². The van der Waals surface area contributed by atoms with Gasteiger partial charge in [0.05, 0.1) is 17.5 Å². The molecule has 9 heteroatoms. The Kier molecular flexibility index (Phi) is 6.45. The Morgan fingerprint density at radius 2 is 1.81 bits per heavy atom. The first kappa shape index (κ1) is 20.7. The Bertz CT molecular complexity index is 944. The molecule has 2 aromatic carbocycles. The van der Waals surface area contributed by atoms with Crippen molar-refractivity contribution in [3.05, 3.63) is 59.1 Å². The van der Waals surface area contributed by atoms with Gasteiger partial charge in [0.15, 0.2) is 0 Å². The number of benzene rings is 2. The predicted octanol–water partition coefficient (Wildman–Crippen LogP) is 3.22. The molecule has 1 unspecified atom stereocenters. The Balaban J connectivity index is 2.33. The summed E-state index contributed by atoms with van der Waals surface area (Å²) in [6.07, 6.45) is 1.24. The molecule has 7 nitrogen and oxygen atoms in total. The van der Waals surface area contributed by atoms with E-state index in [0.29, 0.717) is 10.7 Å². The zero-order valence-electron chi connectivity index (χ0n) is 14.7. The van der Waals surface area contributed by atoms with Gasteiger partial charge in [-0.05, 0) is 48.9 Å². The number of carboxylic acids is 1. The second-order valence-corrected chi connectivity index (χ2v) is 8.13. The minimum absolute atomic E-state index is 0.0803. The molecular weight excluding hydrogens is 392 g/mol. The van der Waals surface area contributed by atoms with Crippen molar-refractivity contribution >= 4 is 44.9 Å². The fraction of sp³-hybridized carbons (Fsp3) is 0.222. The van der Waals surface area contributed by atoms with Crippen molar-refractivity contribution in [2.75, 3.05) is 15.9 Å². The van der Waals surface area contributed by atoms with Gasteiger partial charge in [-0.3, -0.25) is 9.10 Å². The van der Waals surface area contributed by atoms with Crippen LogP contribution in [0.1, 0.15) is 23.7 Å². The number of nitrogens with zero attached hydrogens (tertiary/aromatic N) is 1. The van der Waals surface area contributed by atoms with Crippen LogP contribution < -0.4 is 9.62 Å². The first-order valence-corrected chi connectivity index (χ1v) is 10.2. The highest BCUT2D eigenvalue weighted by Gasteiger charge is 2.31. The van der Waals surface area contributed by atoms with E-state index in [2.05, 4.69) is 5.32 Å². The molecule has 0 heterocycles. The van der Waals surface area contributed by atoms with E-state index in [9.17, 15) is 18.0 Å². The molecule has 0 radical (unpaired) electrons. The summed E-state index contributed by atoms with van der Waals surface area (Å²) in [5.74, 6) is -1.62. The molecule has 2 rings (SSSR count). The number of amides is 1. The molecule has 0 aliphatic rings. The second kappa shape index (κ2) is 8.41. The highest BCUT2D eigenvalue weighted by atomic mass is 35.5. The lowest BCUT2D eigenvalue weighted by Gasteiger charge is -2.30. The number of aromatic carboxylic acids is 1. The molecule has 144 valence electrons. The lowest BCUT2D eigenvalue weighted by molar-refractivity contribution is -0.117. The molecular formula is C18H19ClN2O5S. The minimum Gasteiger partial charge on any atom is -0.478 e. The van der Waals surface area contributed by atoms with Gasteiger partial charge >= 0.3 is 5.97 Å². The standard InChI is InChI=1S/C18H19ClN2O5S/c1-3-16(17(22)20-14-9-7-12(8-10-14)18(23)24)21(27(2,25)26)15-6-4-5-13(19)11-15/h4-11,16H,3H2,1-2H3,(H,20,22)(H,23,24). The monoisotopic (exact) mass is 410 g/mol. The normalized spacial score (nSPS) is 12.3. The molecule has 0 aliphatic carbocycles. The van der Waals surface area contributed by atoms with Crippen molar-refractivity contribution in [2.45, 2.75) is 19.4 Å². The highest BCUT2D eigenvalue weighted by Crippen LogP contribution is 2.26. The van der Waals surface area contributed by atoms with E-state index in [4.69, 9.17) is 16.7 Å². The van der Waals surface area contributed by atoms with Crippen LogP contribution in [0.4, 0.5) is 11.4 Å². The van der Waals surface area contributed by atoms with Crippen LogP contribution in [0.15, 0.2) is 48.5 Å². The molecule has 0 aromatic heterocycles. The molecule has 0 fully saturated rings. The van der Waals surface area contributed by atoms with Gasteiger partial charge in [-0.25, -0.2) is 13.2 Å². The lowest BCUT2D eigenvalue weighted by Crippen LogP contribution is -2.47. The smallest absolute Gasteiger partial charge is 0.335 e. The number of hydrogen-bond acceptors (Lipinski definition) is 4. The fourth-order valence-electron chi connectivity index (χ4n) is 2.60. The lowest BCUT2D eigenvalue weighted by atomic mass is 10.1. The zero-order valence-corrected chi connectivity index (χ0v) is 16.3. The van der Waals surface area contributed by atoms with Gasteiger partial charge in [0.1, 0.15) is 6.04 Å². The van der Waals surface area contributed by atoms with E-state index in [1.54, 1.807) is 25.1 Å². The SMILES string of the molecule is CCC(C(=O)Nc1ccc(C(=O)O)cc1)N(c1cccc(Cl)c1)S(C)(=O)=O. The predicted molar refractivity (Wildman–Crippen MR) is 105 cm³/mol. The number of carboxylic acid groups (broad SMARTS) is 1. The van der Waals surface area contributed by atoms with E-state index in [0.717, 1.165) is 10.6 Å². The largest absolute Gasteiger partial charge is 0.478 e. The number of carbonyl (C=O) groups excluding carboxylic acids is 1. The maximum atomic E-state index is 12.7. The summed E-state index contributed by atoms with van der Waals surface area (Å²) < 4.78 is 25.7. The van der Waals surface area contributed by atoms with Crippen LogP contribution in [0.3, 0.4) is 0 Å². The fourth-order valence-corrected chi connectivity index (χ4v) is 3.98. The van der Waals surface area contributed by atoms with Crippen molar-refractivity contribution in [2.24, 2.45) is 0 Å². The molecule has 0 spiro atoms. The summed E-state index contributed by atoms with van der Waals surface area (Å²) in [6.45, 7) is 1.69. The number of carbonyl (C=O) groups is 2. The third-order valence-electron chi connectivity index (χ3n) is 3.79.